The number of hydrogen-bond donors (Lipinski definition) is 3. The summed E-state index contributed by atoms with van der Waals surface area (Å²) in [6, 6.07) is 15.1. The van der Waals surface area contributed by atoms with Crippen molar-refractivity contribution in [2.24, 2.45) is 4.99 Å². The van der Waals surface area contributed by atoms with Crippen molar-refractivity contribution in [3.05, 3.63) is 64.1 Å². The van der Waals surface area contributed by atoms with Crippen molar-refractivity contribution in [3.8, 4) is 5.75 Å². The summed E-state index contributed by atoms with van der Waals surface area (Å²) in [5.74, 6) is 0.749. The van der Waals surface area contributed by atoms with E-state index in [2.05, 4.69) is 26.8 Å². The summed E-state index contributed by atoms with van der Waals surface area (Å²) >= 11 is 3.45. The zero-order chi connectivity index (χ0) is 25.3. The van der Waals surface area contributed by atoms with Gasteiger partial charge in [0.2, 0.25) is 5.90 Å². The monoisotopic (exact) mass is 549 g/mol. The Morgan fingerprint density at radius 2 is 1.86 bits per heavy atom. The summed E-state index contributed by atoms with van der Waals surface area (Å²) in [5.41, 5.74) is 6.12. The quantitative estimate of drug-likeness (QED) is 0.200. The predicted octanol–water partition coefficient (Wildman–Crippen LogP) is 2.60. The van der Waals surface area contributed by atoms with E-state index in [-0.39, 0.29) is 19.1 Å². The zero-order valence-electron chi connectivity index (χ0n) is 20.1. The van der Waals surface area contributed by atoms with Crippen LogP contribution in [0.4, 0.5) is 0 Å². The molecule has 1 aliphatic heterocycles. The first-order valence-electron chi connectivity index (χ1n) is 11.4. The third kappa shape index (κ3) is 7.02. The molecule has 2 aromatic carbocycles. The molecule has 1 amide bonds. The summed E-state index contributed by atoms with van der Waals surface area (Å²) in [6.45, 7) is 2.61. The number of halogens is 1. The van der Waals surface area contributed by atoms with Crippen LogP contribution in [0.1, 0.15) is 24.5 Å². The largest absolute Gasteiger partial charge is 0.494 e. The van der Waals surface area contributed by atoms with Crippen LogP contribution in [0.5, 0.6) is 5.75 Å². The van der Waals surface area contributed by atoms with Gasteiger partial charge >= 0.3 is 0 Å². The van der Waals surface area contributed by atoms with Gasteiger partial charge in [0.25, 0.3) is 5.91 Å². The molecule has 9 nitrogen and oxygen atoms in total. The van der Waals surface area contributed by atoms with E-state index < -0.39 is 17.9 Å². The number of aliphatic imine (C=N–C) groups is 1. The first kappa shape index (κ1) is 27.1. The highest BCUT2D eigenvalue weighted by Gasteiger charge is 2.50. The number of carbonyl (C=O) groups is 1. The second-order valence-corrected chi connectivity index (χ2v) is 9.01. The summed E-state index contributed by atoms with van der Waals surface area (Å²) < 4.78 is 23.0. The molecule has 0 unspecified atom stereocenters. The molecular weight excluding hydrogens is 518 g/mol. The van der Waals surface area contributed by atoms with Gasteiger partial charge in [-0.1, -0.05) is 28.1 Å². The zero-order valence-corrected chi connectivity index (χ0v) is 21.7. The van der Waals surface area contributed by atoms with E-state index >= 15 is 0 Å². The maximum Gasteiger partial charge on any atom is 0.266 e. The number of rotatable bonds is 13. The number of aliphatic hydroxyl groups excluding tert-OH is 1. The molecule has 190 valence electrons. The molecule has 3 rings (SSSR count). The molecule has 0 aromatic heterocycles. The maximum atomic E-state index is 13.5. The minimum Gasteiger partial charge on any atom is -0.494 e. The Morgan fingerprint density at radius 1 is 1.17 bits per heavy atom. The highest BCUT2D eigenvalue weighted by Crippen LogP contribution is 2.33. The van der Waals surface area contributed by atoms with Crippen LogP contribution in [0.25, 0.3) is 0 Å². The SMILES string of the molecule is COC(CNNC(=O)[C@@]1(Cc2ccc(Br)cc2)N=C(c2ccc(OCCCO)cc2)O[C@H]1C)OC. The molecule has 1 aliphatic rings. The summed E-state index contributed by atoms with van der Waals surface area (Å²) in [7, 11) is 3.05. The lowest BCUT2D eigenvalue weighted by Crippen LogP contribution is -2.57. The van der Waals surface area contributed by atoms with E-state index in [9.17, 15) is 4.79 Å². The van der Waals surface area contributed by atoms with Crippen LogP contribution in [0.15, 0.2) is 58.0 Å². The van der Waals surface area contributed by atoms with Crippen LogP contribution in [-0.2, 0) is 25.4 Å². The summed E-state index contributed by atoms with van der Waals surface area (Å²) in [4.78, 5) is 18.3. The Hall–Kier alpha value is -2.50. The number of methoxy groups -OCH3 is 2. The molecule has 2 aromatic rings. The number of amides is 1. The first-order chi connectivity index (χ1) is 16.9. The Kier molecular flexibility index (Phi) is 10.1. The Bertz CT molecular complexity index is 982. The molecule has 0 fully saturated rings. The molecule has 1 heterocycles. The van der Waals surface area contributed by atoms with E-state index in [0.717, 1.165) is 15.6 Å². The van der Waals surface area contributed by atoms with Gasteiger partial charge in [-0.2, -0.15) is 0 Å². The van der Waals surface area contributed by atoms with E-state index in [1.54, 1.807) is 0 Å². The third-order valence-electron chi connectivity index (χ3n) is 5.71. The van der Waals surface area contributed by atoms with Gasteiger partial charge in [-0.25, -0.2) is 10.4 Å². The van der Waals surface area contributed by atoms with Gasteiger partial charge in [-0.15, -0.1) is 0 Å². The average Bonchev–Trinajstić information content (AvgIpc) is 3.20. The highest BCUT2D eigenvalue weighted by molar-refractivity contribution is 9.10. The number of hydrazine groups is 1. The predicted molar refractivity (Wildman–Crippen MR) is 135 cm³/mol. The molecular formula is C25H32BrN3O6. The molecule has 0 saturated heterocycles. The standard InChI is InChI=1S/C25H32BrN3O6/c1-17-25(15-18-5-9-20(26)10-6-18,24(31)29-27-16-22(32-2)33-3)28-23(35-17)19-7-11-21(12-8-19)34-14-4-13-30/h5-12,17,22,27,30H,4,13-16H2,1-3H3,(H,29,31)/t17-,25-/m0/s1. The van der Waals surface area contributed by atoms with Crippen molar-refractivity contribution in [3.63, 3.8) is 0 Å². The lowest BCUT2D eigenvalue weighted by molar-refractivity contribution is -0.131. The Labute approximate surface area is 213 Å². The van der Waals surface area contributed by atoms with Gasteiger partial charge in [-0.3, -0.25) is 10.2 Å². The maximum absolute atomic E-state index is 13.5. The molecule has 0 saturated carbocycles. The highest BCUT2D eigenvalue weighted by atomic mass is 79.9. The fourth-order valence-corrected chi connectivity index (χ4v) is 3.91. The van der Waals surface area contributed by atoms with Crippen molar-refractivity contribution in [2.45, 2.75) is 37.7 Å². The van der Waals surface area contributed by atoms with Gasteiger partial charge in [0.05, 0.1) is 13.2 Å². The number of ether oxygens (including phenoxy) is 4. The van der Waals surface area contributed by atoms with Crippen LogP contribution in [0, 0.1) is 0 Å². The van der Waals surface area contributed by atoms with Crippen LogP contribution < -0.4 is 15.6 Å². The van der Waals surface area contributed by atoms with Crippen LogP contribution in [0.2, 0.25) is 0 Å². The molecule has 2 atom stereocenters. The number of carbonyl (C=O) groups excluding carboxylic acids is 1. The van der Waals surface area contributed by atoms with Crippen molar-refractivity contribution in [2.75, 3.05) is 34.0 Å². The fraction of sp³-hybridized carbons (Fsp3) is 0.440. The normalized spacial score (nSPS) is 19.4. The number of aliphatic hydroxyl groups is 1. The minimum absolute atomic E-state index is 0.0790. The van der Waals surface area contributed by atoms with Crippen LogP contribution in [-0.4, -0.2) is 68.8 Å². The van der Waals surface area contributed by atoms with Crippen molar-refractivity contribution in [1.82, 2.24) is 10.9 Å². The van der Waals surface area contributed by atoms with Crippen molar-refractivity contribution >= 4 is 27.7 Å². The van der Waals surface area contributed by atoms with Crippen LogP contribution in [0.3, 0.4) is 0 Å². The van der Waals surface area contributed by atoms with Gasteiger partial charge in [0.1, 0.15) is 11.9 Å². The van der Waals surface area contributed by atoms with Crippen LogP contribution >= 0.6 is 15.9 Å². The molecule has 0 aliphatic carbocycles. The smallest absolute Gasteiger partial charge is 0.266 e. The van der Waals surface area contributed by atoms with Crippen molar-refractivity contribution < 1.29 is 28.8 Å². The number of benzene rings is 2. The van der Waals surface area contributed by atoms with E-state index in [1.807, 2.05) is 55.5 Å². The fourth-order valence-electron chi connectivity index (χ4n) is 3.64. The number of hydrogen-bond acceptors (Lipinski definition) is 8. The number of nitrogens with zero attached hydrogens (tertiary/aromatic N) is 1. The van der Waals surface area contributed by atoms with E-state index in [4.69, 9.17) is 29.0 Å². The summed E-state index contributed by atoms with van der Waals surface area (Å²) in [5, 5.41) is 8.91. The summed E-state index contributed by atoms with van der Waals surface area (Å²) in [6.07, 6.45) is -0.123. The molecule has 0 radical (unpaired) electrons. The minimum atomic E-state index is -1.19. The van der Waals surface area contributed by atoms with Gasteiger partial charge in [-0.05, 0) is 48.9 Å². The molecule has 35 heavy (non-hydrogen) atoms. The third-order valence-corrected chi connectivity index (χ3v) is 6.24. The molecule has 0 spiro atoms. The Morgan fingerprint density at radius 3 is 2.49 bits per heavy atom. The molecule has 0 bridgehead atoms. The van der Waals surface area contributed by atoms with E-state index in [1.165, 1.54) is 14.2 Å². The molecule has 3 N–H and O–H groups in total. The Balaban J connectivity index is 1.84. The number of nitrogens with one attached hydrogen (secondary N) is 2. The molecule has 10 heteroatoms. The van der Waals surface area contributed by atoms with Gasteiger partial charge in [0, 0.05) is 43.7 Å². The van der Waals surface area contributed by atoms with Gasteiger partial charge < -0.3 is 24.1 Å². The second-order valence-electron chi connectivity index (χ2n) is 8.09. The van der Waals surface area contributed by atoms with Crippen molar-refractivity contribution in [1.29, 1.82) is 0 Å². The average molecular weight is 550 g/mol. The lowest BCUT2D eigenvalue weighted by atomic mass is 9.86. The van der Waals surface area contributed by atoms with E-state index in [0.29, 0.717) is 31.1 Å². The van der Waals surface area contributed by atoms with Gasteiger partial charge in [0.15, 0.2) is 11.8 Å². The first-order valence-corrected chi connectivity index (χ1v) is 12.1. The second kappa shape index (κ2) is 13.0. The topological polar surface area (TPSA) is 111 Å². The lowest BCUT2D eigenvalue weighted by Gasteiger charge is -2.28.